The van der Waals surface area contributed by atoms with E-state index in [9.17, 15) is 9.36 Å². The van der Waals surface area contributed by atoms with Crippen molar-refractivity contribution in [1.82, 2.24) is 10.4 Å². The first-order chi connectivity index (χ1) is 7.99. The van der Waals surface area contributed by atoms with E-state index in [1.54, 1.807) is 0 Å². The third kappa shape index (κ3) is 15.5. The number of carboxylic acids is 1. The number of nitrogens with one attached hydrogen (secondary N) is 2. The highest BCUT2D eigenvalue weighted by atomic mass is 31.2. The van der Waals surface area contributed by atoms with Gasteiger partial charge in [0.1, 0.15) is 6.04 Å². The Kier molecular flexibility index (Phi) is 10.4. The van der Waals surface area contributed by atoms with Crippen LogP contribution in [0.3, 0.4) is 0 Å². The van der Waals surface area contributed by atoms with E-state index < -0.39 is 26.4 Å². The van der Waals surface area contributed by atoms with Gasteiger partial charge in [0, 0.05) is 12.1 Å². The minimum atomic E-state index is -4.58. The summed E-state index contributed by atoms with van der Waals surface area (Å²) in [7, 11) is -4.58. The predicted octanol–water partition coefficient (Wildman–Crippen LogP) is -0.493. The Hall–Kier alpha value is -0.500. The number of aliphatic hydroxyl groups excluding tert-OH is 1. The first-order valence-corrected chi connectivity index (χ1v) is 7.03. The van der Waals surface area contributed by atoms with Crippen LogP contribution in [0.4, 0.5) is 0 Å². The molecule has 0 bridgehead atoms. The minimum Gasteiger partial charge on any atom is -0.480 e. The molecule has 9 heteroatoms. The van der Waals surface area contributed by atoms with Crippen molar-refractivity contribution >= 4 is 13.7 Å². The summed E-state index contributed by atoms with van der Waals surface area (Å²) in [6.07, 6.45) is 0. The number of carbonyl (C=O) groups is 1. The molecule has 0 saturated carbocycles. The van der Waals surface area contributed by atoms with Crippen LogP contribution in [0.15, 0.2) is 0 Å². The highest BCUT2D eigenvalue weighted by molar-refractivity contribution is 7.49. The van der Waals surface area contributed by atoms with Crippen LogP contribution in [-0.2, 0) is 9.36 Å². The van der Waals surface area contributed by atoms with Crippen molar-refractivity contribution in [2.24, 2.45) is 0 Å². The number of hydrogen-bond acceptors (Lipinski definition) is 4. The molecular weight excluding hydrogens is 263 g/mol. The predicted molar refractivity (Wildman–Crippen MR) is 67.1 cm³/mol. The summed E-state index contributed by atoms with van der Waals surface area (Å²) in [5, 5.41) is 21.2. The lowest BCUT2D eigenvalue weighted by Gasteiger charge is -2.11. The molecule has 0 amide bonds. The molecule has 0 aliphatic carbocycles. The largest absolute Gasteiger partial charge is 0.480 e. The molecule has 0 rings (SSSR count). The minimum absolute atomic E-state index is 0.625. The van der Waals surface area contributed by atoms with Crippen LogP contribution in [0.1, 0.15) is 27.7 Å². The van der Waals surface area contributed by atoms with Crippen molar-refractivity contribution in [3.8, 4) is 0 Å². The molecule has 0 aromatic rings. The summed E-state index contributed by atoms with van der Waals surface area (Å²) in [6.45, 7) is 7.74. The summed E-state index contributed by atoms with van der Waals surface area (Å²) < 4.78 is 10.1. The van der Waals surface area contributed by atoms with Gasteiger partial charge in [-0.05, 0) is 0 Å². The quantitative estimate of drug-likeness (QED) is 0.359. The Labute approximate surface area is 107 Å². The number of aliphatic carboxylic acids is 1. The zero-order valence-corrected chi connectivity index (χ0v) is 11.9. The SMILES string of the molecule is CC(C)NC(C)C.O=C(O)C(CO)NP(=O)(O)O. The molecule has 0 aromatic heterocycles. The molecule has 6 N–H and O–H groups in total. The fourth-order valence-electron chi connectivity index (χ4n) is 1.04. The van der Waals surface area contributed by atoms with Crippen LogP contribution in [0, 0.1) is 0 Å². The van der Waals surface area contributed by atoms with Gasteiger partial charge in [0.25, 0.3) is 0 Å². The number of rotatable bonds is 6. The maximum absolute atomic E-state index is 10.1. The molecule has 0 heterocycles. The summed E-state index contributed by atoms with van der Waals surface area (Å²) in [6, 6.07) is -0.379. The first kappa shape index (κ1) is 19.8. The Morgan fingerprint density at radius 1 is 1.17 bits per heavy atom. The molecule has 0 fully saturated rings. The van der Waals surface area contributed by atoms with Gasteiger partial charge in [-0.1, -0.05) is 27.7 Å². The Morgan fingerprint density at radius 2 is 1.56 bits per heavy atom. The van der Waals surface area contributed by atoms with E-state index in [4.69, 9.17) is 20.0 Å². The van der Waals surface area contributed by atoms with E-state index >= 15 is 0 Å². The van der Waals surface area contributed by atoms with Gasteiger partial charge >= 0.3 is 13.7 Å². The van der Waals surface area contributed by atoms with Crippen molar-refractivity contribution in [3.05, 3.63) is 0 Å². The van der Waals surface area contributed by atoms with Crippen LogP contribution in [-0.4, -0.2) is 50.7 Å². The van der Waals surface area contributed by atoms with Crippen molar-refractivity contribution < 1.29 is 29.4 Å². The Bertz CT molecular complexity index is 272. The van der Waals surface area contributed by atoms with Gasteiger partial charge in [0.2, 0.25) is 0 Å². The van der Waals surface area contributed by atoms with Gasteiger partial charge in [-0.15, -0.1) is 0 Å². The van der Waals surface area contributed by atoms with E-state index in [0.29, 0.717) is 12.1 Å². The van der Waals surface area contributed by atoms with Crippen LogP contribution >= 0.6 is 7.75 Å². The van der Waals surface area contributed by atoms with E-state index in [1.807, 2.05) is 0 Å². The van der Waals surface area contributed by atoms with Gasteiger partial charge in [-0.3, -0.25) is 4.79 Å². The highest BCUT2D eigenvalue weighted by Crippen LogP contribution is 2.28. The lowest BCUT2D eigenvalue weighted by atomic mass is 10.3. The Balaban J connectivity index is 0. The lowest BCUT2D eigenvalue weighted by molar-refractivity contribution is -0.140. The maximum Gasteiger partial charge on any atom is 0.401 e. The molecule has 0 radical (unpaired) electrons. The summed E-state index contributed by atoms with van der Waals surface area (Å²) in [5.74, 6) is -1.52. The van der Waals surface area contributed by atoms with Crippen molar-refractivity contribution in [1.29, 1.82) is 0 Å². The highest BCUT2D eigenvalue weighted by Gasteiger charge is 2.24. The fourth-order valence-corrected chi connectivity index (χ4v) is 1.64. The van der Waals surface area contributed by atoms with Gasteiger partial charge in [-0.25, -0.2) is 9.65 Å². The molecule has 18 heavy (non-hydrogen) atoms. The monoisotopic (exact) mass is 286 g/mol. The summed E-state index contributed by atoms with van der Waals surface area (Å²) in [4.78, 5) is 26.4. The standard InChI is InChI=1S/C6H15N.C3H8NO6P/c1-5(2)7-6(3)4;5-1-2(3(6)7)4-11(8,9)10/h5-7H,1-4H3;2,5H,1H2,(H,6,7)(H3,4,8,9,10). The second-order valence-electron chi connectivity index (χ2n) is 4.22. The molecule has 1 atom stereocenters. The van der Waals surface area contributed by atoms with E-state index in [1.165, 1.54) is 5.09 Å². The lowest BCUT2D eigenvalue weighted by Crippen LogP contribution is -2.37. The third-order valence-corrected chi connectivity index (χ3v) is 2.12. The van der Waals surface area contributed by atoms with E-state index in [-0.39, 0.29) is 0 Å². The third-order valence-electron chi connectivity index (χ3n) is 1.47. The molecule has 110 valence electrons. The molecule has 0 aliphatic heterocycles. The zero-order valence-electron chi connectivity index (χ0n) is 11.0. The Morgan fingerprint density at radius 3 is 1.61 bits per heavy atom. The van der Waals surface area contributed by atoms with E-state index in [2.05, 4.69) is 33.0 Å². The fraction of sp³-hybridized carbons (Fsp3) is 0.889. The van der Waals surface area contributed by atoms with Crippen molar-refractivity contribution in [2.45, 2.75) is 45.8 Å². The smallest absolute Gasteiger partial charge is 0.401 e. The first-order valence-electron chi connectivity index (χ1n) is 5.42. The van der Waals surface area contributed by atoms with Crippen LogP contribution in [0.25, 0.3) is 0 Å². The zero-order chi connectivity index (χ0) is 14.9. The normalized spacial score (nSPS) is 13.2. The maximum atomic E-state index is 10.1. The summed E-state index contributed by atoms with van der Waals surface area (Å²) in [5.41, 5.74) is 0. The topological polar surface area (TPSA) is 139 Å². The van der Waals surface area contributed by atoms with Gasteiger partial charge in [-0.2, -0.15) is 0 Å². The molecule has 0 aliphatic rings. The molecular formula is C9H23N2O6P. The van der Waals surface area contributed by atoms with Gasteiger partial charge < -0.3 is 25.3 Å². The molecule has 8 nitrogen and oxygen atoms in total. The van der Waals surface area contributed by atoms with Gasteiger partial charge in [0.05, 0.1) is 6.61 Å². The van der Waals surface area contributed by atoms with Crippen LogP contribution in [0.5, 0.6) is 0 Å². The van der Waals surface area contributed by atoms with Crippen molar-refractivity contribution in [3.63, 3.8) is 0 Å². The number of hydrogen-bond donors (Lipinski definition) is 6. The van der Waals surface area contributed by atoms with Crippen molar-refractivity contribution in [2.75, 3.05) is 6.61 Å². The van der Waals surface area contributed by atoms with Gasteiger partial charge in [0.15, 0.2) is 0 Å². The number of carboxylic acid groups (broad SMARTS) is 1. The van der Waals surface area contributed by atoms with Crippen LogP contribution < -0.4 is 10.4 Å². The second-order valence-corrected chi connectivity index (χ2v) is 5.57. The van der Waals surface area contributed by atoms with Crippen LogP contribution in [0.2, 0.25) is 0 Å². The molecule has 1 unspecified atom stereocenters. The molecule has 0 spiro atoms. The average molecular weight is 286 g/mol. The molecule has 0 aromatic carbocycles. The number of aliphatic hydroxyl groups is 1. The summed E-state index contributed by atoms with van der Waals surface area (Å²) >= 11 is 0. The van der Waals surface area contributed by atoms with E-state index in [0.717, 1.165) is 0 Å². The molecule has 0 saturated heterocycles. The average Bonchev–Trinajstić information content (AvgIpc) is 2.10. The second kappa shape index (κ2) is 9.43.